The van der Waals surface area contributed by atoms with Crippen LogP contribution in [0.15, 0.2) is 24.3 Å². The Morgan fingerprint density at radius 2 is 1.47 bits per heavy atom. The smallest absolute Gasteiger partial charge is 0.326 e. The van der Waals surface area contributed by atoms with Crippen LogP contribution in [0.2, 0.25) is 0 Å². The van der Waals surface area contributed by atoms with Crippen LogP contribution in [0.1, 0.15) is 11.1 Å². The van der Waals surface area contributed by atoms with Crippen molar-refractivity contribution in [2.75, 3.05) is 0 Å². The molecule has 7 heteroatoms. The molecule has 0 amide bonds. The van der Waals surface area contributed by atoms with Gasteiger partial charge in [0.25, 0.3) is 12.1 Å². The molecule has 0 spiro atoms. The summed E-state index contributed by atoms with van der Waals surface area (Å²) in [5.41, 5.74) is -0.166. The number of halogens is 6. The molecule has 2 N–H and O–H groups in total. The SMILES string of the molecule is NCc1ccc(C(F)(C(F)F)C(F)(F)F)cc1. The first-order valence-electron chi connectivity index (χ1n) is 4.56. The lowest BCUT2D eigenvalue weighted by Crippen LogP contribution is -2.44. The summed E-state index contributed by atoms with van der Waals surface area (Å²) in [6, 6.07) is 3.50. The van der Waals surface area contributed by atoms with Gasteiger partial charge in [0.2, 0.25) is 0 Å². The molecular weight excluding hydrogens is 248 g/mol. The molecule has 0 aliphatic rings. The zero-order chi connectivity index (χ0) is 13.3. The number of alkyl halides is 6. The standard InChI is InChI=1S/C10H9F6N/c11-8(12)9(13,10(14,15)16)7-3-1-6(5-17)2-4-7/h1-4,8H,5,17H2. The highest BCUT2D eigenvalue weighted by atomic mass is 19.4. The van der Waals surface area contributed by atoms with E-state index in [0.29, 0.717) is 17.7 Å². The van der Waals surface area contributed by atoms with Crippen molar-refractivity contribution in [3.05, 3.63) is 35.4 Å². The minimum Gasteiger partial charge on any atom is -0.326 e. The minimum absolute atomic E-state index is 0.0280. The summed E-state index contributed by atoms with van der Waals surface area (Å²) in [4.78, 5) is 0. The molecular formula is C10H9F6N. The second-order valence-electron chi connectivity index (χ2n) is 3.41. The Labute approximate surface area is 93.2 Å². The molecule has 0 bridgehead atoms. The average Bonchev–Trinajstić information content (AvgIpc) is 2.26. The van der Waals surface area contributed by atoms with E-state index in [-0.39, 0.29) is 6.54 Å². The summed E-state index contributed by atoms with van der Waals surface area (Å²) in [6.07, 6.45) is -9.86. The molecule has 0 aromatic heterocycles. The Morgan fingerprint density at radius 1 is 1.00 bits per heavy atom. The van der Waals surface area contributed by atoms with E-state index in [4.69, 9.17) is 5.73 Å². The number of rotatable bonds is 3. The fourth-order valence-corrected chi connectivity index (χ4v) is 1.30. The van der Waals surface area contributed by atoms with Gasteiger partial charge in [-0.25, -0.2) is 13.2 Å². The zero-order valence-corrected chi connectivity index (χ0v) is 8.44. The third-order valence-corrected chi connectivity index (χ3v) is 2.32. The Morgan fingerprint density at radius 3 is 1.76 bits per heavy atom. The van der Waals surface area contributed by atoms with E-state index in [1.165, 1.54) is 0 Å². The molecule has 0 fully saturated rings. The molecule has 1 atom stereocenters. The molecule has 1 aromatic carbocycles. The predicted molar refractivity (Wildman–Crippen MR) is 49.2 cm³/mol. The lowest BCUT2D eigenvalue weighted by atomic mass is 9.94. The summed E-state index contributed by atoms with van der Waals surface area (Å²) in [5.74, 6) is 0. The maximum atomic E-state index is 13.5. The summed E-state index contributed by atoms with van der Waals surface area (Å²) >= 11 is 0. The summed E-state index contributed by atoms with van der Waals surface area (Å²) in [7, 11) is 0. The summed E-state index contributed by atoms with van der Waals surface area (Å²) in [6.45, 7) is 0.0280. The number of hydrogen-bond acceptors (Lipinski definition) is 1. The fraction of sp³-hybridized carbons (Fsp3) is 0.400. The largest absolute Gasteiger partial charge is 0.432 e. The first-order valence-corrected chi connectivity index (χ1v) is 4.56. The van der Waals surface area contributed by atoms with Crippen molar-refractivity contribution < 1.29 is 26.3 Å². The van der Waals surface area contributed by atoms with Crippen molar-refractivity contribution in [3.8, 4) is 0 Å². The highest BCUT2D eigenvalue weighted by molar-refractivity contribution is 5.29. The Balaban J connectivity index is 3.24. The first kappa shape index (κ1) is 13.8. The van der Waals surface area contributed by atoms with Crippen molar-refractivity contribution in [2.45, 2.75) is 24.8 Å². The molecule has 0 saturated carbocycles. The van der Waals surface area contributed by atoms with E-state index in [2.05, 4.69) is 0 Å². The van der Waals surface area contributed by atoms with Crippen LogP contribution in [0, 0.1) is 0 Å². The Kier molecular flexibility index (Phi) is 3.71. The van der Waals surface area contributed by atoms with Crippen LogP contribution < -0.4 is 5.73 Å². The van der Waals surface area contributed by atoms with E-state index >= 15 is 0 Å². The fourth-order valence-electron chi connectivity index (χ4n) is 1.30. The molecule has 1 aromatic rings. The van der Waals surface area contributed by atoms with Gasteiger partial charge < -0.3 is 5.73 Å². The molecule has 0 heterocycles. The monoisotopic (exact) mass is 257 g/mol. The van der Waals surface area contributed by atoms with Crippen molar-refractivity contribution in [3.63, 3.8) is 0 Å². The van der Waals surface area contributed by atoms with Gasteiger partial charge in [-0.15, -0.1) is 0 Å². The van der Waals surface area contributed by atoms with Gasteiger partial charge in [0.05, 0.1) is 0 Å². The van der Waals surface area contributed by atoms with Gasteiger partial charge >= 0.3 is 6.18 Å². The van der Waals surface area contributed by atoms with Crippen LogP contribution in [-0.4, -0.2) is 12.6 Å². The van der Waals surface area contributed by atoms with Gasteiger partial charge in [0.15, 0.2) is 0 Å². The highest BCUT2D eigenvalue weighted by Gasteiger charge is 2.63. The average molecular weight is 257 g/mol. The maximum absolute atomic E-state index is 13.5. The van der Waals surface area contributed by atoms with E-state index < -0.39 is 23.8 Å². The minimum atomic E-state index is -5.68. The molecule has 1 rings (SSSR count). The summed E-state index contributed by atoms with van der Waals surface area (Å²) in [5, 5.41) is 0. The Bertz CT molecular complexity index is 371. The van der Waals surface area contributed by atoms with Crippen molar-refractivity contribution in [2.24, 2.45) is 5.73 Å². The third kappa shape index (κ3) is 2.38. The van der Waals surface area contributed by atoms with E-state index in [9.17, 15) is 26.3 Å². The molecule has 96 valence electrons. The first-order chi connectivity index (χ1) is 7.73. The van der Waals surface area contributed by atoms with Gasteiger partial charge in [0, 0.05) is 12.1 Å². The number of benzene rings is 1. The van der Waals surface area contributed by atoms with Crippen LogP contribution in [0.5, 0.6) is 0 Å². The van der Waals surface area contributed by atoms with Gasteiger partial charge in [-0.2, -0.15) is 13.2 Å². The normalized spacial score (nSPS) is 16.0. The quantitative estimate of drug-likeness (QED) is 0.827. The molecule has 17 heavy (non-hydrogen) atoms. The van der Waals surface area contributed by atoms with Crippen LogP contribution in [0.3, 0.4) is 0 Å². The maximum Gasteiger partial charge on any atom is 0.432 e. The van der Waals surface area contributed by atoms with Crippen LogP contribution in [-0.2, 0) is 12.2 Å². The Hall–Kier alpha value is -1.24. The van der Waals surface area contributed by atoms with Gasteiger partial charge in [0.1, 0.15) is 0 Å². The van der Waals surface area contributed by atoms with Crippen molar-refractivity contribution >= 4 is 0 Å². The second kappa shape index (κ2) is 4.56. The van der Waals surface area contributed by atoms with Crippen LogP contribution in [0.25, 0.3) is 0 Å². The molecule has 0 saturated heterocycles. The van der Waals surface area contributed by atoms with Crippen LogP contribution in [0.4, 0.5) is 26.3 Å². The molecule has 0 radical (unpaired) electrons. The van der Waals surface area contributed by atoms with Gasteiger partial charge in [-0.1, -0.05) is 24.3 Å². The molecule has 1 nitrogen and oxygen atoms in total. The number of nitrogens with two attached hydrogens (primary N) is 1. The summed E-state index contributed by atoms with van der Waals surface area (Å²) < 4.78 is 75.2. The van der Waals surface area contributed by atoms with Crippen molar-refractivity contribution in [1.29, 1.82) is 0 Å². The van der Waals surface area contributed by atoms with Crippen LogP contribution >= 0.6 is 0 Å². The predicted octanol–water partition coefficient (Wildman–Crippen LogP) is 3.14. The molecule has 0 aliphatic heterocycles. The topological polar surface area (TPSA) is 26.0 Å². The lowest BCUT2D eigenvalue weighted by Gasteiger charge is -2.27. The number of hydrogen-bond donors (Lipinski definition) is 1. The van der Waals surface area contributed by atoms with E-state index in [1.807, 2.05) is 0 Å². The lowest BCUT2D eigenvalue weighted by molar-refractivity contribution is -0.274. The van der Waals surface area contributed by atoms with Crippen molar-refractivity contribution in [1.82, 2.24) is 0 Å². The molecule has 0 aliphatic carbocycles. The van der Waals surface area contributed by atoms with Gasteiger partial charge in [-0.05, 0) is 5.56 Å². The second-order valence-corrected chi connectivity index (χ2v) is 3.41. The third-order valence-electron chi connectivity index (χ3n) is 2.32. The molecule has 1 unspecified atom stereocenters. The van der Waals surface area contributed by atoms with Gasteiger partial charge in [-0.3, -0.25) is 0 Å². The van der Waals surface area contributed by atoms with E-state index in [1.54, 1.807) is 0 Å². The highest BCUT2D eigenvalue weighted by Crippen LogP contribution is 2.46. The zero-order valence-electron chi connectivity index (χ0n) is 8.44. The van der Waals surface area contributed by atoms with E-state index in [0.717, 1.165) is 12.1 Å².